The number of anilines is 1. The zero-order valence-electron chi connectivity index (χ0n) is 11.5. The van der Waals surface area contributed by atoms with Gasteiger partial charge in [0.1, 0.15) is 17.2 Å². The molecule has 2 rings (SSSR count). The quantitative estimate of drug-likeness (QED) is 0.884. The zero-order chi connectivity index (χ0) is 15.4. The second-order valence-electron chi connectivity index (χ2n) is 4.72. The average molecular weight is 291 g/mol. The van der Waals surface area contributed by atoms with Crippen LogP contribution in [-0.4, -0.2) is 17.6 Å². The number of rotatable bonds is 5. The molecule has 21 heavy (non-hydrogen) atoms. The van der Waals surface area contributed by atoms with Gasteiger partial charge in [-0.05, 0) is 48.7 Å². The summed E-state index contributed by atoms with van der Waals surface area (Å²) in [6, 6.07) is 8.60. The maximum atomic E-state index is 13.5. The van der Waals surface area contributed by atoms with E-state index in [1.54, 1.807) is 6.07 Å². The van der Waals surface area contributed by atoms with Crippen LogP contribution in [0.25, 0.3) is 0 Å². The van der Waals surface area contributed by atoms with Crippen molar-refractivity contribution in [2.24, 2.45) is 0 Å². The number of aryl methyl sites for hydroxylation is 1. The van der Waals surface area contributed by atoms with Crippen molar-refractivity contribution in [3.05, 3.63) is 64.7 Å². The third kappa shape index (κ3) is 3.56. The Hall–Kier alpha value is -2.43. The molecule has 0 amide bonds. The minimum atomic E-state index is -1.31. The summed E-state index contributed by atoms with van der Waals surface area (Å²) in [5.74, 6) is -2.37. The van der Waals surface area contributed by atoms with Gasteiger partial charge in [0, 0.05) is 6.54 Å². The second-order valence-corrected chi connectivity index (χ2v) is 4.72. The number of hydrogen-bond donors (Lipinski definition) is 2. The zero-order valence-corrected chi connectivity index (χ0v) is 11.5. The van der Waals surface area contributed by atoms with E-state index in [0.717, 1.165) is 17.2 Å². The van der Waals surface area contributed by atoms with Crippen LogP contribution in [0.5, 0.6) is 0 Å². The van der Waals surface area contributed by atoms with Crippen molar-refractivity contribution in [3.8, 4) is 0 Å². The van der Waals surface area contributed by atoms with Crippen LogP contribution in [0.2, 0.25) is 0 Å². The molecule has 0 bridgehead atoms. The van der Waals surface area contributed by atoms with Crippen LogP contribution in [-0.2, 0) is 6.42 Å². The van der Waals surface area contributed by atoms with Gasteiger partial charge in [-0.25, -0.2) is 13.6 Å². The molecule has 0 radical (unpaired) electrons. The summed E-state index contributed by atoms with van der Waals surface area (Å²) in [7, 11) is 0. The van der Waals surface area contributed by atoms with Crippen molar-refractivity contribution in [1.29, 1.82) is 0 Å². The molecular formula is C16H15F2NO2. The Morgan fingerprint density at radius 1 is 1.24 bits per heavy atom. The Balaban J connectivity index is 2.07. The Kier molecular flexibility index (Phi) is 4.52. The summed E-state index contributed by atoms with van der Waals surface area (Å²) in [5, 5.41) is 11.9. The highest BCUT2D eigenvalue weighted by Crippen LogP contribution is 2.19. The molecule has 3 nitrogen and oxygen atoms in total. The third-order valence-corrected chi connectivity index (χ3v) is 3.24. The predicted molar refractivity (Wildman–Crippen MR) is 76.7 cm³/mol. The van der Waals surface area contributed by atoms with E-state index >= 15 is 0 Å². The van der Waals surface area contributed by atoms with Gasteiger partial charge < -0.3 is 10.4 Å². The van der Waals surface area contributed by atoms with E-state index in [2.05, 4.69) is 5.32 Å². The molecule has 2 aromatic rings. The maximum Gasteiger partial charge on any atom is 0.340 e. The summed E-state index contributed by atoms with van der Waals surface area (Å²) < 4.78 is 26.5. The van der Waals surface area contributed by atoms with Gasteiger partial charge in [-0.15, -0.1) is 0 Å². The van der Waals surface area contributed by atoms with Gasteiger partial charge in [-0.2, -0.15) is 0 Å². The first kappa shape index (κ1) is 15.0. The van der Waals surface area contributed by atoms with Gasteiger partial charge >= 0.3 is 5.97 Å². The molecule has 0 unspecified atom stereocenters. The molecule has 0 saturated carbocycles. The lowest BCUT2D eigenvalue weighted by Gasteiger charge is -2.11. The van der Waals surface area contributed by atoms with E-state index < -0.39 is 11.8 Å². The molecule has 2 aromatic carbocycles. The summed E-state index contributed by atoms with van der Waals surface area (Å²) in [6.07, 6.45) is 0.585. The maximum absolute atomic E-state index is 13.5. The largest absolute Gasteiger partial charge is 0.478 e. The molecule has 0 spiro atoms. The van der Waals surface area contributed by atoms with E-state index in [1.807, 2.05) is 6.92 Å². The van der Waals surface area contributed by atoms with Gasteiger partial charge in [0.25, 0.3) is 0 Å². The highest BCUT2D eigenvalue weighted by molar-refractivity contribution is 5.94. The number of aromatic carboxylic acids is 1. The molecule has 0 atom stereocenters. The summed E-state index contributed by atoms with van der Waals surface area (Å²) >= 11 is 0. The lowest BCUT2D eigenvalue weighted by atomic mass is 10.1. The van der Waals surface area contributed by atoms with Gasteiger partial charge in [0.2, 0.25) is 0 Å². The first-order valence-corrected chi connectivity index (χ1v) is 6.49. The first-order chi connectivity index (χ1) is 9.99. The topological polar surface area (TPSA) is 49.3 Å². The minimum Gasteiger partial charge on any atom is -0.478 e. The Morgan fingerprint density at radius 2 is 2.00 bits per heavy atom. The Labute approximate surface area is 121 Å². The molecule has 0 heterocycles. The molecule has 0 aromatic heterocycles. The van der Waals surface area contributed by atoms with Crippen LogP contribution in [0.15, 0.2) is 36.4 Å². The number of nitrogens with one attached hydrogen (secondary N) is 1. The summed E-state index contributed by atoms with van der Waals surface area (Å²) in [5.41, 5.74) is 1.65. The molecule has 2 N–H and O–H groups in total. The lowest BCUT2D eigenvalue weighted by Crippen LogP contribution is -2.11. The Morgan fingerprint density at radius 3 is 2.67 bits per heavy atom. The SMILES string of the molecule is Cc1cc(F)ccc1CCNc1cccc(F)c1C(=O)O. The molecule has 0 fully saturated rings. The Bertz CT molecular complexity index is 671. The van der Waals surface area contributed by atoms with Crippen molar-refractivity contribution in [2.75, 3.05) is 11.9 Å². The number of carbonyl (C=O) groups is 1. The number of hydrogen-bond acceptors (Lipinski definition) is 2. The van der Waals surface area contributed by atoms with Crippen molar-refractivity contribution in [1.82, 2.24) is 0 Å². The molecule has 0 aliphatic rings. The molecule has 110 valence electrons. The molecule has 5 heteroatoms. The number of halogens is 2. The van der Waals surface area contributed by atoms with Crippen LogP contribution in [0.4, 0.5) is 14.5 Å². The van der Waals surface area contributed by atoms with E-state index in [9.17, 15) is 13.6 Å². The summed E-state index contributed by atoms with van der Waals surface area (Å²) in [4.78, 5) is 11.0. The molecular weight excluding hydrogens is 276 g/mol. The predicted octanol–water partition coefficient (Wildman–Crippen LogP) is 3.63. The minimum absolute atomic E-state index is 0.238. The highest BCUT2D eigenvalue weighted by Gasteiger charge is 2.15. The fourth-order valence-electron chi connectivity index (χ4n) is 2.16. The number of carboxylic acids is 1. The van der Waals surface area contributed by atoms with Gasteiger partial charge in [0.05, 0.1) is 5.69 Å². The second kappa shape index (κ2) is 6.35. The van der Waals surface area contributed by atoms with Crippen molar-refractivity contribution in [2.45, 2.75) is 13.3 Å². The van der Waals surface area contributed by atoms with Crippen molar-refractivity contribution < 1.29 is 18.7 Å². The highest BCUT2D eigenvalue weighted by atomic mass is 19.1. The van der Waals surface area contributed by atoms with Crippen molar-refractivity contribution in [3.63, 3.8) is 0 Å². The monoisotopic (exact) mass is 291 g/mol. The smallest absolute Gasteiger partial charge is 0.340 e. The van der Waals surface area contributed by atoms with E-state index in [0.29, 0.717) is 13.0 Å². The molecule has 0 aliphatic carbocycles. The van der Waals surface area contributed by atoms with Crippen LogP contribution in [0, 0.1) is 18.6 Å². The normalized spacial score (nSPS) is 10.4. The van der Waals surface area contributed by atoms with Crippen LogP contribution in [0.3, 0.4) is 0 Å². The third-order valence-electron chi connectivity index (χ3n) is 3.24. The number of carboxylic acid groups (broad SMARTS) is 1. The fraction of sp³-hybridized carbons (Fsp3) is 0.188. The molecule has 0 aliphatic heterocycles. The summed E-state index contributed by atoms with van der Waals surface area (Å²) in [6.45, 7) is 2.24. The molecule has 0 saturated heterocycles. The van der Waals surface area contributed by atoms with E-state index in [4.69, 9.17) is 5.11 Å². The number of benzene rings is 2. The van der Waals surface area contributed by atoms with Gasteiger partial charge in [0.15, 0.2) is 0 Å². The van der Waals surface area contributed by atoms with Crippen LogP contribution in [0.1, 0.15) is 21.5 Å². The average Bonchev–Trinajstić information content (AvgIpc) is 2.41. The lowest BCUT2D eigenvalue weighted by molar-refractivity contribution is 0.0693. The fourth-order valence-corrected chi connectivity index (χ4v) is 2.16. The standard InChI is InChI=1S/C16H15F2NO2/c1-10-9-12(17)6-5-11(10)7-8-19-14-4-2-3-13(18)15(14)16(20)21/h2-6,9,19H,7-8H2,1H3,(H,20,21). The van der Waals surface area contributed by atoms with Crippen LogP contribution < -0.4 is 5.32 Å². The van der Waals surface area contributed by atoms with Gasteiger partial charge in [-0.3, -0.25) is 0 Å². The van der Waals surface area contributed by atoms with Crippen LogP contribution >= 0.6 is 0 Å². The van der Waals surface area contributed by atoms with E-state index in [-0.39, 0.29) is 17.1 Å². The van der Waals surface area contributed by atoms with Crippen molar-refractivity contribution >= 4 is 11.7 Å². The van der Waals surface area contributed by atoms with E-state index in [1.165, 1.54) is 24.3 Å². The van der Waals surface area contributed by atoms with Gasteiger partial charge in [-0.1, -0.05) is 12.1 Å². The first-order valence-electron chi connectivity index (χ1n) is 6.49.